The molecule has 0 saturated carbocycles. The lowest BCUT2D eigenvalue weighted by molar-refractivity contribution is -0.139. The highest BCUT2D eigenvalue weighted by atomic mass is 19.1. The summed E-state index contributed by atoms with van der Waals surface area (Å²) >= 11 is 0. The molecule has 94 valence electrons. The van der Waals surface area contributed by atoms with E-state index in [1.807, 2.05) is 0 Å². The topological polar surface area (TPSA) is 49.3 Å². The number of benzene rings is 1. The van der Waals surface area contributed by atoms with Gasteiger partial charge in [-0.05, 0) is 32.4 Å². The fourth-order valence-electron chi connectivity index (χ4n) is 1.59. The molecule has 0 aliphatic rings. The van der Waals surface area contributed by atoms with E-state index in [4.69, 9.17) is 5.11 Å². The maximum atomic E-state index is 13.3. The van der Waals surface area contributed by atoms with Crippen LogP contribution in [0.2, 0.25) is 0 Å². The van der Waals surface area contributed by atoms with Crippen molar-refractivity contribution in [3.8, 4) is 0 Å². The minimum Gasteiger partial charge on any atom is -0.480 e. The molecular formula is C12H15F2NO2. The van der Waals surface area contributed by atoms with Gasteiger partial charge in [0.25, 0.3) is 0 Å². The maximum Gasteiger partial charge on any atom is 0.320 e. The Morgan fingerprint density at radius 1 is 1.35 bits per heavy atom. The molecule has 0 heterocycles. The first-order chi connectivity index (χ1) is 7.91. The minimum atomic E-state index is -0.995. The van der Waals surface area contributed by atoms with E-state index in [2.05, 4.69) is 5.32 Å². The van der Waals surface area contributed by atoms with Gasteiger partial charge in [0.1, 0.15) is 17.7 Å². The smallest absolute Gasteiger partial charge is 0.320 e. The molecule has 17 heavy (non-hydrogen) atoms. The molecule has 0 aliphatic heterocycles. The number of carboxylic acid groups (broad SMARTS) is 1. The standard InChI is InChI=1S/C12H15F2NO2/c1-7(15-8(2)12(16)17)6-9-10(13)4-3-5-11(9)14/h3-5,7-8,15H,6H2,1-2H3,(H,16,17). The number of carboxylic acids is 1. The fourth-order valence-corrected chi connectivity index (χ4v) is 1.59. The van der Waals surface area contributed by atoms with E-state index in [9.17, 15) is 13.6 Å². The van der Waals surface area contributed by atoms with Crippen LogP contribution in [-0.4, -0.2) is 23.2 Å². The molecule has 1 rings (SSSR count). The van der Waals surface area contributed by atoms with Crippen LogP contribution in [0.3, 0.4) is 0 Å². The van der Waals surface area contributed by atoms with Crippen LogP contribution in [0.1, 0.15) is 19.4 Å². The number of hydrogen-bond acceptors (Lipinski definition) is 2. The third kappa shape index (κ3) is 3.78. The number of rotatable bonds is 5. The molecular weight excluding hydrogens is 228 g/mol. The Hall–Kier alpha value is -1.49. The van der Waals surface area contributed by atoms with E-state index in [-0.39, 0.29) is 18.0 Å². The quantitative estimate of drug-likeness (QED) is 0.831. The minimum absolute atomic E-state index is 0.0231. The third-order valence-corrected chi connectivity index (χ3v) is 2.48. The molecule has 0 radical (unpaired) electrons. The van der Waals surface area contributed by atoms with Crippen LogP contribution in [0, 0.1) is 11.6 Å². The van der Waals surface area contributed by atoms with Crippen molar-refractivity contribution < 1.29 is 18.7 Å². The summed E-state index contributed by atoms with van der Waals surface area (Å²) in [4.78, 5) is 10.6. The Bertz CT molecular complexity index is 389. The van der Waals surface area contributed by atoms with Crippen molar-refractivity contribution >= 4 is 5.97 Å². The van der Waals surface area contributed by atoms with Crippen molar-refractivity contribution in [2.24, 2.45) is 0 Å². The molecule has 0 saturated heterocycles. The number of hydrogen-bond donors (Lipinski definition) is 2. The average Bonchev–Trinajstić information content (AvgIpc) is 2.23. The van der Waals surface area contributed by atoms with Gasteiger partial charge >= 0.3 is 5.97 Å². The van der Waals surface area contributed by atoms with Gasteiger partial charge in [0, 0.05) is 11.6 Å². The summed E-state index contributed by atoms with van der Waals surface area (Å²) in [7, 11) is 0. The number of halogens is 2. The van der Waals surface area contributed by atoms with E-state index in [1.165, 1.54) is 25.1 Å². The number of nitrogens with one attached hydrogen (secondary N) is 1. The fraction of sp³-hybridized carbons (Fsp3) is 0.417. The first-order valence-electron chi connectivity index (χ1n) is 5.33. The summed E-state index contributed by atoms with van der Waals surface area (Å²) in [5, 5.41) is 11.4. The van der Waals surface area contributed by atoms with Gasteiger partial charge in [-0.15, -0.1) is 0 Å². The zero-order valence-electron chi connectivity index (χ0n) is 9.71. The molecule has 2 N–H and O–H groups in total. The van der Waals surface area contributed by atoms with Crippen molar-refractivity contribution in [1.29, 1.82) is 0 Å². The van der Waals surface area contributed by atoms with Crippen LogP contribution in [0.4, 0.5) is 8.78 Å². The Kier molecular flexibility index (Phi) is 4.57. The predicted octanol–water partition coefficient (Wildman–Crippen LogP) is 1.96. The molecule has 0 amide bonds. The van der Waals surface area contributed by atoms with Crippen molar-refractivity contribution in [3.63, 3.8) is 0 Å². The summed E-state index contributed by atoms with van der Waals surface area (Å²) in [5.74, 6) is -2.21. The predicted molar refractivity (Wildman–Crippen MR) is 59.8 cm³/mol. The van der Waals surface area contributed by atoms with Crippen molar-refractivity contribution in [1.82, 2.24) is 5.32 Å². The van der Waals surface area contributed by atoms with Crippen molar-refractivity contribution in [3.05, 3.63) is 35.4 Å². The lowest BCUT2D eigenvalue weighted by atomic mass is 10.1. The SMILES string of the molecule is CC(Cc1c(F)cccc1F)NC(C)C(=O)O. The number of carbonyl (C=O) groups is 1. The summed E-state index contributed by atoms with van der Waals surface area (Å²) < 4.78 is 26.6. The summed E-state index contributed by atoms with van der Waals surface area (Å²) in [6.07, 6.45) is 0.107. The second-order valence-corrected chi connectivity index (χ2v) is 4.03. The molecule has 0 spiro atoms. The third-order valence-electron chi connectivity index (χ3n) is 2.48. The Morgan fingerprint density at radius 2 is 1.88 bits per heavy atom. The van der Waals surface area contributed by atoms with Gasteiger partial charge in [-0.1, -0.05) is 6.07 Å². The van der Waals surface area contributed by atoms with Gasteiger partial charge in [0.15, 0.2) is 0 Å². The number of aliphatic carboxylic acids is 1. The van der Waals surface area contributed by atoms with E-state index in [0.717, 1.165) is 0 Å². The second kappa shape index (κ2) is 5.72. The molecule has 0 aromatic heterocycles. The molecule has 1 aromatic rings. The highest BCUT2D eigenvalue weighted by molar-refractivity contribution is 5.72. The van der Waals surface area contributed by atoms with Crippen molar-refractivity contribution in [2.75, 3.05) is 0 Å². The van der Waals surface area contributed by atoms with Gasteiger partial charge in [0.2, 0.25) is 0 Å². The summed E-state index contributed by atoms with van der Waals surface area (Å²) in [6.45, 7) is 3.17. The Morgan fingerprint density at radius 3 is 2.35 bits per heavy atom. The molecule has 3 nitrogen and oxygen atoms in total. The normalized spacial score (nSPS) is 14.4. The first-order valence-corrected chi connectivity index (χ1v) is 5.33. The van der Waals surface area contributed by atoms with Gasteiger partial charge < -0.3 is 10.4 Å². The first kappa shape index (κ1) is 13.6. The van der Waals surface area contributed by atoms with Gasteiger partial charge in [-0.3, -0.25) is 4.79 Å². The van der Waals surface area contributed by atoms with Gasteiger partial charge in [0.05, 0.1) is 0 Å². The van der Waals surface area contributed by atoms with Crippen LogP contribution in [-0.2, 0) is 11.2 Å². The van der Waals surface area contributed by atoms with Gasteiger partial charge in [-0.25, -0.2) is 8.78 Å². The van der Waals surface area contributed by atoms with Gasteiger partial charge in [-0.2, -0.15) is 0 Å². The Labute approximate surface area is 98.5 Å². The molecule has 1 aromatic carbocycles. The molecule has 5 heteroatoms. The average molecular weight is 243 g/mol. The lowest BCUT2D eigenvalue weighted by Gasteiger charge is -2.17. The lowest BCUT2D eigenvalue weighted by Crippen LogP contribution is -2.41. The molecule has 0 bridgehead atoms. The summed E-state index contributed by atoms with van der Waals surface area (Å²) in [5.41, 5.74) is -0.0231. The Balaban J connectivity index is 2.68. The monoisotopic (exact) mass is 243 g/mol. The van der Waals surface area contributed by atoms with Crippen LogP contribution >= 0.6 is 0 Å². The van der Waals surface area contributed by atoms with Crippen LogP contribution in [0.5, 0.6) is 0 Å². The zero-order valence-corrected chi connectivity index (χ0v) is 9.71. The molecule has 2 atom stereocenters. The zero-order chi connectivity index (χ0) is 13.0. The highest BCUT2D eigenvalue weighted by Gasteiger charge is 2.17. The van der Waals surface area contributed by atoms with Crippen LogP contribution < -0.4 is 5.32 Å². The molecule has 0 fully saturated rings. The van der Waals surface area contributed by atoms with Crippen molar-refractivity contribution in [2.45, 2.75) is 32.4 Å². The van der Waals surface area contributed by atoms with E-state index in [0.29, 0.717) is 0 Å². The highest BCUT2D eigenvalue weighted by Crippen LogP contribution is 2.14. The van der Waals surface area contributed by atoms with E-state index in [1.54, 1.807) is 6.92 Å². The van der Waals surface area contributed by atoms with Crippen LogP contribution in [0.25, 0.3) is 0 Å². The second-order valence-electron chi connectivity index (χ2n) is 4.03. The van der Waals surface area contributed by atoms with E-state index < -0.39 is 23.6 Å². The van der Waals surface area contributed by atoms with Crippen LogP contribution in [0.15, 0.2) is 18.2 Å². The largest absolute Gasteiger partial charge is 0.480 e. The van der Waals surface area contributed by atoms with E-state index >= 15 is 0 Å². The molecule has 0 aliphatic carbocycles. The maximum absolute atomic E-state index is 13.3. The molecule has 2 unspecified atom stereocenters. The summed E-state index contributed by atoms with van der Waals surface area (Å²) in [6, 6.07) is 2.59.